The van der Waals surface area contributed by atoms with Crippen LogP contribution in [-0.2, 0) is 20.7 Å². The van der Waals surface area contributed by atoms with Crippen LogP contribution in [0.4, 0.5) is 15.3 Å². The highest BCUT2D eigenvalue weighted by Gasteiger charge is 2.34. The van der Waals surface area contributed by atoms with Crippen LogP contribution in [0.5, 0.6) is 23.0 Å². The Bertz CT molecular complexity index is 2270. The number of halogens is 1. The number of alkyl halides is 1. The van der Waals surface area contributed by atoms with Crippen LogP contribution in [0, 0.1) is 12.8 Å². The van der Waals surface area contributed by atoms with Crippen LogP contribution in [0.25, 0.3) is 21.8 Å². The Morgan fingerprint density at radius 2 is 1.56 bits per heavy atom. The van der Waals surface area contributed by atoms with E-state index < -0.39 is 36.1 Å². The van der Waals surface area contributed by atoms with E-state index in [0.717, 1.165) is 0 Å². The Kier molecular flexibility index (Phi) is 14.2. The third kappa shape index (κ3) is 8.99. The van der Waals surface area contributed by atoms with Gasteiger partial charge in [0.15, 0.2) is 17.2 Å². The minimum Gasteiger partial charge on any atom is -0.493 e. The fourth-order valence-electron chi connectivity index (χ4n) is 7.39. The maximum atomic E-state index is 14.3. The lowest BCUT2D eigenvalue weighted by atomic mass is 9.93. The monoisotopic (exact) mass is 839 g/mol. The van der Waals surface area contributed by atoms with Crippen LogP contribution in [-0.4, -0.2) is 130 Å². The Hall–Kier alpha value is -6.10. The van der Waals surface area contributed by atoms with E-state index in [-0.39, 0.29) is 42.5 Å². The maximum Gasteiger partial charge on any atom is 0.415 e. The number of esters is 1. The quantitative estimate of drug-likeness (QED) is 0.0839. The molecule has 17 nitrogen and oxygen atoms in total. The largest absolute Gasteiger partial charge is 0.493 e. The zero-order chi connectivity index (χ0) is 43.1. The van der Waals surface area contributed by atoms with Crippen molar-refractivity contribution in [3.05, 3.63) is 52.9 Å². The molecule has 2 aliphatic rings. The smallest absolute Gasteiger partial charge is 0.415 e. The number of ether oxygens (including phenoxy) is 6. The molecule has 0 fully saturated rings. The molecule has 1 aliphatic carbocycles. The van der Waals surface area contributed by atoms with Crippen molar-refractivity contribution < 1.29 is 57.5 Å². The molecule has 6 rings (SSSR count). The number of aromatic amines is 2. The number of benzene rings is 2. The van der Waals surface area contributed by atoms with Crippen LogP contribution in [0.3, 0.4) is 0 Å². The first-order valence-electron chi connectivity index (χ1n) is 18.8. The van der Waals surface area contributed by atoms with E-state index in [2.05, 4.69) is 21.6 Å². The zero-order valence-corrected chi connectivity index (χ0v) is 35.1. The second-order valence-electron chi connectivity index (χ2n) is 14.0. The minimum absolute atomic E-state index is 0.0707. The summed E-state index contributed by atoms with van der Waals surface area (Å²) in [5.74, 6) is -1.10. The van der Waals surface area contributed by atoms with Gasteiger partial charge in [0, 0.05) is 62.6 Å². The number of methoxy groups -OCH3 is 4. The fraction of sp³-hybridized carbons (Fsp3) is 0.439. The molecule has 3 heterocycles. The number of aryl methyl sites for hydroxylation is 1. The number of allylic oxidation sites excluding steroid dienone is 1. The molecule has 3 N–H and O–H groups in total. The lowest BCUT2D eigenvalue weighted by Crippen LogP contribution is -2.39. The van der Waals surface area contributed by atoms with Crippen LogP contribution >= 0.6 is 11.6 Å². The third-order valence-corrected chi connectivity index (χ3v) is 10.5. The molecule has 2 unspecified atom stereocenters. The summed E-state index contributed by atoms with van der Waals surface area (Å²) in [5, 5.41) is 10.6. The number of likely N-dealkylation sites (N-methyl/N-ethyl adjacent to an activating group) is 2. The molecule has 18 heteroatoms. The number of H-pyrrole nitrogens is 2. The van der Waals surface area contributed by atoms with Crippen molar-refractivity contribution in [2.45, 2.75) is 45.1 Å². The van der Waals surface area contributed by atoms with Gasteiger partial charge in [0.2, 0.25) is 5.75 Å². The van der Waals surface area contributed by atoms with Crippen molar-refractivity contribution in [2.75, 3.05) is 73.5 Å². The van der Waals surface area contributed by atoms with E-state index in [0.29, 0.717) is 88.1 Å². The van der Waals surface area contributed by atoms with Gasteiger partial charge in [-0.15, -0.1) is 11.6 Å². The Morgan fingerprint density at radius 3 is 2.20 bits per heavy atom. The van der Waals surface area contributed by atoms with E-state index in [1.807, 2.05) is 6.08 Å². The highest BCUT2D eigenvalue weighted by atomic mass is 35.5. The average molecular weight is 840 g/mol. The number of nitrogens with zero attached hydrogens (tertiary/aromatic N) is 3. The van der Waals surface area contributed by atoms with Crippen molar-refractivity contribution in [2.24, 2.45) is 5.92 Å². The summed E-state index contributed by atoms with van der Waals surface area (Å²) in [5.41, 5.74) is 3.07. The lowest BCUT2D eigenvalue weighted by molar-refractivity contribution is -0.142. The van der Waals surface area contributed by atoms with Gasteiger partial charge in [-0.25, -0.2) is 14.4 Å². The minimum atomic E-state index is -0.862. The SMILES string of the molecule is CCl.COC(=O)c1c(C)[nH]c2c(OC(=O)N(C)CCN(C)C(=O)OC3/C=C/CCC(C(=O)O)CC3)cc3c(c12)CCN3C(=O)c1cc2cc(OC)c(OC)c(OC)c2[nH]1. The first kappa shape index (κ1) is 44.0. The van der Waals surface area contributed by atoms with E-state index in [1.165, 1.54) is 58.7 Å². The standard InChI is InChI=1S/C40H47N5O12.CH3Cl/c1-21-30(38(49)55-7)31-25-14-15-45(36(46)26-18-23-19-29(52-4)34(53-5)35(54-6)32(23)42-26)27(25)20-28(33(31)41-21)57-40(51)44(3)17-16-43(2)39(50)56-24-11-9-8-10-22(12-13-24)37(47)48;1-2/h9,11,18-20,22,24,41-42H,8,10,12-17H2,1-7H3,(H,47,48);1H3/b11-9+;. The maximum absolute atomic E-state index is 14.3. The first-order valence-corrected chi connectivity index (χ1v) is 19.6. The average Bonchev–Trinajstić information content (AvgIpc) is 3.95. The molecule has 59 heavy (non-hydrogen) atoms. The number of hydrogen-bond acceptors (Lipinski definition) is 11. The Morgan fingerprint density at radius 1 is 0.864 bits per heavy atom. The predicted molar refractivity (Wildman–Crippen MR) is 220 cm³/mol. The number of rotatable bonds is 11. The number of carbonyl (C=O) groups excluding carboxylic acids is 4. The second-order valence-corrected chi connectivity index (χ2v) is 14.0. The second kappa shape index (κ2) is 19.1. The number of fused-ring (bicyclic) bond motifs is 4. The molecule has 0 saturated heterocycles. The van der Waals surface area contributed by atoms with Gasteiger partial charge in [0.1, 0.15) is 11.8 Å². The number of aromatic nitrogens is 2. The topological polar surface area (TPSA) is 202 Å². The number of aliphatic carboxylic acids is 1. The number of amides is 3. The van der Waals surface area contributed by atoms with E-state index in [1.54, 1.807) is 36.1 Å². The van der Waals surface area contributed by atoms with Crippen LogP contribution in [0.1, 0.15) is 57.8 Å². The van der Waals surface area contributed by atoms with E-state index in [4.69, 9.17) is 28.4 Å². The van der Waals surface area contributed by atoms with Gasteiger partial charge in [0.05, 0.1) is 56.6 Å². The van der Waals surface area contributed by atoms with Crippen LogP contribution < -0.4 is 23.8 Å². The summed E-state index contributed by atoms with van der Waals surface area (Å²) in [6.45, 7) is 2.15. The van der Waals surface area contributed by atoms with Crippen molar-refractivity contribution in [1.82, 2.24) is 19.8 Å². The lowest BCUT2D eigenvalue weighted by Gasteiger charge is -2.25. The molecule has 1 aliphatic heterocycles. The summed E-state index contributed by atoms with van der Waals surface area (Å²) < 4.78 is 33.3. The molecule has 4 aromatic rings. The molecule has 3 amide bonds. The van der Waals surface area contributed by atoms with Gasteiger partial charge < -0.3 is 58.2 Å². The number of carbonyl (C=O) groups is 5. The summed E-state index contributed by atoms with van der Waals surface area (Å²) in [7, 11) is 8.81. The molecule has 0 bridgehead atoms. The van der Waals surface area contributed by atoms with Gasteiger partial charge in [-0.05, 0) is 62.8 Å². The molecular formula is C41H50ClN5O12. The van der Waals surface area contributed by atoms with Crippen LogP contribution in [0.2, 0.25) is 0 Å². The summed E-state index contributed by atoms with van der Waals surface area (Å²) in [6.07, 6.45) is 5.43. The molecule has 0 radical (unpaired) electrons. The third-order valence-electron chi connectivity index (χ3n) is 10.5. The molecule has 2 aromatic carbocycles. The Balaban J connectivity index is 0.00000326. The van der Waals surface area contributed by atoms with Gasteiger partial charge in [-0.1, -0.05) is 6.08 Å². The van der Waals surface area contributed by atoms with Crippen molar-refractivity contribution in [3.63, 3.8) is 0 Å². The number of anilines is 1. The summed E-state index contributed by atoms with van der Waals surface area (Å²) in [4.78, 5) is 75.9. The van der Waals surface area contributed by atoms with Gasteiger partial charge in [-0.3, -0.25) is 9.59 Å². The number of hydrogen-bond donors (Lipinski definition) is 3. The zero-order valence-electron chi connectivity index (χ0n) is 34.4. The van der Waals surface area contributed by atoms with E-state index >= 15 is 0 Å². The molecule has 2 atom stereocenters. The van der Waals surface area contributed by atoms with Gasteiger partial charge in [0.25, 0.3) is 5.91 Å². The van der Waals surface area contributed by atoms with Crippen molar-refractivity contribution in [1.29, 1.82) is 0 Å². The molecule has 0 saturated carbocycles. The Labute approximate surface area is 346 Å². The summed E-state index contributed by atoms with van der Waals surface area (Å²) in [6, 6.07) is 5.02. The van der Waals surface area contributed by atoms with Gasteiger partial charge in [-0.2, -0.15) is 0 Å². The summed E-state index contributed by atoms with van der Waals surface area (Å²) >= 11 is 4.64. The van der Waals surface area contributed by atoms with Crippen LogP contribution in [0.15, 0.2) is 30.4 Å². The highest BCUT2D eigenvalue weighted by molar-refractivity contribution is 6.15. The van der Waals surface area contributed by atoms with Gasteiger partial charge >= 0.3 is 24.1 Å². The first-order chi connectivity index (χ1) is 28.3. The molecular weight excluding hydrogens is 790 g/mol. The normalized spacial score (nSPS) is 16.5. The van der Waals surface area contributed by atoms with Crippen molar-refractivity contribution in [3.8, 4) is 23.0 Å². The number of nitrogens with one attached hydrogen (secondary N) is 2. The number of carboxylic acid groups (broad SMARTS) is 1. The molecule has 0 spiro atoms. The predicted octanol–water partition coefficient (Wildman–Crippen LogP) is 6.53. The van der Waals surface area contributed by atoms with Crippen molar-refractivity contribution >= 4 is 69.1 Å². The fourth-order valence-corrected chi connectivity index (χ4v) is 7.39. The highest BCUT2D eigenvalue weighted by Crippen LogP contribution is 2.45. The van der Waals surface area contributed by atoms with E-state index in [9.17, 15) is 29.1 Å². The number of carboxylic acids is 1. The molecule has 318 valence electrons. The molecule has 2 aromatic heterocycles.